The Balaban J connectivity index is 1.38. The second kappa shape index (κ2) is 8.81. The minimum Gasteiger partial charge on any atom is -0.491 e. The molecule has 0 saturated carbocycles. The molecule has 5 rings (SSSR count). The summed E-state index contributed by atoms with van der Waals surface area (Å²) in [5.74, 6) is 1.63. The van der Waals surface area contributed by atoms with E-state index in [9.17, 15) is 0 Å². The minimum atomic E-state index is -0.246. The van der Waals surface area contributed by atoms with Crippen molar-refractivity contribution in [3.63, 3.8) is 0 Å². The van der Waals surface area contributed by atoms with Crippen molar-refractivity contribution in [1.29, 1.82) is 0 Å². The van der Waals surface area contributed by atoms with Gasteiger partial charge in [-0.05, 0) is 50.2 Å². The average molecular weight is 448 g/mol. The first-order chi connectivity index (χ1) is 15.6. The first-order valence-electron chi connectivity index (χ1n) is 10.7. The largest absolute Gasteiger partial charge is 0.491 e. The maximum Gasteiger partial charge on any atom is 0.139 e. The molecule has 0 amide bonds. The number of aromatic nitrogens is 1. The van der Waals surface area contributed by atoms with Crippen molar-refractivity contribution in [1.82, 2.24) is 4.57 Å². The molecule has 4 aromatic rings. The highest BCUT2D eigenvalue weighted by Gasteiger charge is 2.38. The molecule has 3 atom stereocenters. The van der Waals surface area contributed by atoms with Crippen LogP contribution >= 0.6 is 12.2 Å². The summed E-state index contributed by atoms with van der Waals surface area (Å²) in [4.78, 5) is 0. The molecule has 0 radical (unpaired) electrons. The number of hydrogen-bond acceptors (Lipinski definition) is 5. The summed E-state index contributed by atoms with van der Waals surface area (Å²) in [6.45, 7) is 4.50. The summed E-state index contributed by atoms with van der Waals surface area (Å²) in [7, 11) is 0. The molecule has 1 fully saturated rings. The normalized spacial score (nSPS) is 20.5. The maximum absolute atomic E-state index is 6.42. The van der Waals surface area contributed by atoms with E-state index in [4.69, 9.17) is 30.8 Å². The molecule has 0 aliphatic carbocycles. The average Bonchev–Trinajstić information content (AvgIpc) is 3.43. The van der Waals surface area contributed by atoms with E-state index in [1.54, 1.807) is 6.26 Å². The van der Waals surface area contributed by atoms with Crippen molar-refractivity contribution in [2.75, 3.05) is 6.61 Å². The third-order valence-corrected chi connectivity index (χ3v) is 6.21. The Bertz CT molecular complexity index is 1260. The van der Waals surface area contributed by atoms with Crippen LogP contribution in [-0.2, 0) is 4.74 Å². The van der Waals surface area contributed by atoms with Gasteiger partial charge >= 0.3 is 0 Å². The van der Waals surface area contributed by atoms with E-state index < -0.39 is 0 Å². The van der Waals surface area contributed by atoms with Crippen LogP contribution in [0.25, 0.3) is 11.0 Å². The molecule has 32 heavy (non-hydrogen) atoms. The van der Waals surface area contributed by atoms with E-state index in [0.717, 1.165) is 22.5 Å². The topological polar surface area (TPSA) is 45.8 Å². The zero-order valence-electron chi connectivity index (χ0n) is 18.1. The second-order valence-corrected chi connectivity index (χ2v) is 8.57. The third-order valence-electron chi connectivity index (χ3n) is 5.78. The number of aryl methyl sites for hydroxylation is 2. The first-order valence-corrected chi connectivity index (χ1v) is 11.1. The molecule has 0 N–H and O–H groups in total. The molecule has 0 unspecified atom stereocenters. The highest BCUT2D eigenvalue weighted by molar-refractivity contribution is 7.71. The van der Waals surface area contributed by atoms with Gasteiger partial charge in [0.05, 0.1) is 11.6 Å². The quantitative estimate of drug-likeness (QED) is 0.320. The standard InChI is InChI=1S/C26H25NO4S/c1-17-3-7-19(8-4-17)29-16-24-23(30-20-9-5-18(2)6-10-20)15-25(31-24)27-13-11-22-21(26(27)32)12-14-28-22/h3-14,23-25H,15-16H2,1-2H3/t23-,24+,25+/m0/s1. The molecule has 3 heterocycles. The van der Waals surface area contributed by atoms with Crippen LogP contribution < -0.4 is 9.47 Å². The molecule has 5 nitrogen and oxygen atoms in total. The number of nitrogens with zero attached hydrogens (tertiary/aromatic N) is 1. The molecule has 2 aromatic heterocycles. The van der Waals surface area contributed by atoms with Gasteiger partial charge in [0, 0.05) is 12.6 Å². The molecule has 1 aliphatic rings. The van der Waals surface area contributed by atoms with E-state index in [1.807, 2.05) is 71.4 Å². The number of pyridine rings is 1. The smallest absolute Gasteiger partial charge is 0.139 e. The number of ether oxygens (including phenoxy) is 3. The van der Waals surface area contributed by atoms with Crippen molar-refractivity contribution in [2.45, 2.75) is 38.7 Å². The fourth-order valence-corrected chi connectivity index (χ4v) is 4.31. The number of rotatable bonds is 6. The van der Waals surface area contributed by atoms with Crippen molar-refractivity contribution >= 4 is 23.2 Å². The molecule has 2 aromatic carbocycles. The van der Waals surface area contributed by atoms with Gasteiger partial charge in [-0.3, -0.25) is 0 Å². The van der Waals surface area contributed by atoms with Crippen molar-refractivity contribution < 1.29 is 18.6 Å². The Morgan fingerprint density at radius 2 is 1.62 bits per heavy atom. The number of furan rings is 1. The summed E-state index contributed by atoms with van der Waals surface area (Å²) >= 11 is 5.71. The highest BCUT2D eigenvalue weighted by Crippen LogP contribution is 2.34. The summed E-state index contributed by atoms with van der Waals surface area (Å²) in [5.41, 5.74) is 3.16. The Morgan fingerprint density at radius 3 is 2.34 bits per heavy atom. The molecule has 164 valence electrons. The molecule has 1 aliphatic heterocycles. The second-order valence-electron chi connectivity index (χ2n) is 8.18. The SMILES string of the molecule is Cc1ccc(OC[C@H]2O[C@@H](n3ccc4occc4c3=S)C[C@@H]2Oc2ccc(C)cc2)cc1. The molecule has 1 saturated heterocycles. The van der Waals surface area contributed by atoms with Gasteiger partial charge in [0.25, 0.3) is 0 Å². The lowest BCUT2D eigenvalue weighted by atomic mass is 10.1. The maximum atomic E-state index is 6.42. The summed E-state index contributed by atoms with van der Waals surface area (Å²) in [6.07, 6.45) is 3.57. The van der Waals surface area contributed by atoms with Crippen LogP contribution in [0.4, 0.5) is 0 Å². The lowest BCUT2D eigenvalue weighted by Gasteiger charge is -2.20. The van der Waals surface area contributed by atoms with Crippen molar-refractivity contribution in [2.24, 2.45) is 0 Å². The zero-order valence-corrected chi connectivity index (χ0v) is 18.9. The van der Waals surface area contributed by atoms with Gasteiger partial charge in [0.15, 0.2) is 0 Å². The van der Waals surface area contributed by atoms with Crippen LogP contribution in [0.15, 0.2) is 77.5 Å². The van der Waals surface area contributed by atoms with Gasteiger partial charge in [0.2, 0.25) is 0 Å². The molecule has 6 heteroatoms. The van der Waals surface area contributed by atoms with Crippen LogP contribution in [0, 0.1) is 18.5 Å². The van der Waals surface area contributed by atoms with Crippen LogP contribution in [0.1, 0.15) is 23.8 Å². The Labute approximate surface area is 192 Å². The Kier molecular flexibility index (Phi) is 5.72. The van der Waals surface area contributed by atoms with Crippen LogP contribution in [-0.4, -0.2) is 23.4 Å². The van der Waals surface area contributed by atoms with Gasteiger partial charge < -0.3 is 23.2 Å². The Hall–Kier alpha value is -3.09. The number of hydrogen-bond donors (Lipinski definition) is 0. The molecule has 0 bridgehead atoms. The van der Waals surface area contributed by atoms with Gasteiger partial charge in [-0.25, -0.2) is 0 Å². The predicted octanol–water partition coefficient (Wildman–Crippen LogP) is 6.39. The lowest BCUT2D eigenvalue weighted by molar-refractivity contribution is -0.0359. The van der Waals surface area contributed by atoms with Gasteiger partial charge in [-0.1, -0.05) is 47.6 Å². The zero-order chi connectivity index (χ0) is 22.1. The summed E-state index contributed by atoms with van der Waals surface area (Å²) < 4.78 is 27.0. The van der Waals surface area contributed by atoms with Gasteiger partial charge in [-0.15, -0.1) is 0 Å². The summed E-state index contributed by atoms with van der Waals surface area (Å²) in [5, 5.41) is 0.904. The van der Waals surface area contributed by atoms with Crippen LogP contribution in [0.2, 0.25) is 0 Å². The van der Waals surface area contributed by atoms with E-state index >= 15 is 0 Å². The number of fused-ring (bicyclic) bond motifs is 1. The van der Waals surface area contributed by atoms with E-state index in [0.29, 0.717) is 17.7 Å². The van der Waals surface area contributed by atoms with Crippen LogP contribution in [0.3, 0.4) is 0 Å². The van der Waals surface area contributed by atoms with Gasteiger partial charge in [-0.2, -0.15) is 0 Å². The predicted molar refractivity (Wildman–Crippen MR) is 126 cm³/mol. The van der Waals surface area contributed by atoms with E-state index in [-0.39, 0.29) is 18.4 Å². The molecular formula is C26H25NO4S. The molecular weight excluding hydrogens is 422 g/mol. The van der Waals surface area contributed by atoms with Crippen LogP contribution in [0.5, 0.6) is 11.5 Å². The Morgan fingerprint density at radius 1 is 0.938 bits per heavy atom. The third kappa shape index (κ3) is 4.29. The monoisotopic (exact) mass is 447 g/mol. The fourth-order valence-electron chi connectivity index (χ4n) is 3.96. The van der Waals surface area contributed by atoms with Crippen molar-refractivity contribution in [3.8, 4) is 11.5 Å². The van der Waals surface area contributed by atoms with E-state index in [2.05, 4.69) is 13.8 Å². The lowest BCUT2D eigenvalue weighted by Crippen LogP contribution is -2.32. The highest BCUT2D eigenvalue weighted by atomic mass is 32.1. The molecule has 0 spiro atoms. The van der Waals surface area contributed by atoms with Gasteiger partial charge in [0.1, 0.15) is 46.8 Å². The summed E-state index contributed by atoms with van der Waals surface area (Å²) in [6, 6.07) is 19.9. The number of benzene rings is 2. The van der Waals surface area contributed by atoms with E-state index in [1.165, 1.54) is 11.1 Å². The first kappa shape index (κ1) is 20.8. The fraction of sp³-hybridized carbons (Fsp3) is 0.269. The minimum absolute atomic E-state index is 0.171. The van der Waals surface area contributed by atoms with Crippen molar-refractivity contribution in [3.05, 3.63) is 88.9 Å².